The maximum Gasteiger partial charge on any atom is 0.227 e. The van der Waals surface area contributed by atoms with E-state index in [4.69, 9.17) is 9.47 Å². The summed E-state index contributed by atoms with van der Waals surface area (Å²) in [5.41, 5.74) is 1.06. The lowest BCUT2D eigenvalue weighted by Gasteiger charge is -2.50. The fourth-order valence-electron chi connectivity index (χ4n) is 5.63. The Morgan fingerprint density at radius 3 is 2.69 bits per heavy atom. The van der Waals surface area contributed by atoms with Gasteiger partial charge in [0.2, 0.25) is 5.91 Å². The van der Waals surface area contributed by atoms with Crippen LogP contribution in [0.15, 0.2) is 24.3 Å². The zero-order valence-electron chi connectivity index (χ0n) is 19.1. The van der Waals surface area contributed by atoms with E-state index in [0.717, 1.165) is 90.2 Å². The molecule has 0 bridgehead atoms. The zero-order chi connectivity index (χ0) is 20.8. The topological polar surface area (TPSA) is 62.8 Å². The van der Waals surface area contributed by atoms with Crippen LogP contribution in [0.1, 0.15) is 37.7 Å². The molecule has 1 amide bonds. The number of hydrogen-bond donors (Lipinski definition) is 2. The average molecular weight is 489 g/mol. The van der Waals surface area contributed by atoms with Gasteiger partial charge in [-0.05, 0) is 68.7 Å². The van der Waals surface area contributed by atoms with Crippen molar-refractivity contribution in [1.29, 1.82) is 0 Å². The lowest BCUT2D eigenvalue weighted by molar-refractivity contribution is -0.140. The van der Waals surface area contributed by atoms with E-state index >= 15 is 0 Å². The van der Waals surface area contributed by atoms with Crippen molar-refractivity contribution < 1.29 is 14.3 Å². The smallest absolute Gasteiger partial charge is 0.227 e. The van der Waals surface area contributed by atoms with Crippen molar-refractivity contribution >= 4 is 30.7 Å². The van der Waals surface area contributed by atoms with Crippen LogP contribution in [0.2, 0.25) is 0 Å². The zero-order valence-corrected chi connectivity index (χ0v) is 20.8. The molecule has 3 fully saturated rings. The molecule has 2 heterocycles. The Morgan fingerprint density at radius 2 is 1.97 bits per heavy atom. The van der Waals surface area contributed by atoms with Gasteiger partial charge < -0.3 is 20.1 Å². The Kier molecular flexibility index (Phi) is 11.0. The minimum absolute atomic E-state index is 0. The van der Waals surface area contributed by atoms with Crippen LogP contribution in [0.3, 0.4) is 0 Å². The van der Waals surface area contributed by atoms with Crippen molar-refractivity contribution in [1.82, 2.24) is 15.5 Å². The van der Waals surface area contributed by atoms with Gasteiger partial charge in [0, 0.05) is 32.2 Å². The molecule has 6 nitrogen and oxygen atoms in total. The molecule has 1 aliphatic carbocycles. The summed E-state index contributed by atoms with van der Waals surface area (Å²) in [4.78, 5) is 15.9. The summed E-state index contributed by atoms with van der Waals surface area (Å²) in [6.45, 7) is 6.39. The molecule has 2 N–H and O–H groups in total. The highest BCUT2D eigenvalue weighted by atomic mass is 35.5. The van der Waals surface area contributed by atoms with E-state index in [-0.39, 0.29) is 36.1 Å². The second kappa shape index (κ2) is 13.0. The average Bonchev–Trinajstić information content (AvgIpc) is 2.82. The Morgan fingerprint density at radius 1 is 1.22 bits per heavy atom. The lowest BCUT2D eigenvalue weighted by atomic mass is 9.61. The predicted octanol–water partition coefficient (Wildman–Crippen LogP) is 3.07. The van der Waals surface area contributed by atoms with E-state index < -0.39 is 0 Å². The number of carbonyl (C=O) groups is 1. The summed E-state index contributed by atoms with van der Waals surface area (Å²) >= 11 is 0. The van der Waals surface area contributed by atoms with Gasteiger partial charge in [0.15, 0.2) is 0 Å². The van der Waals surface area contributed by atoms with Gasteiger partial charge in [-0.1, -0.05) is 12.1 Å². The number of rotatable bonds is 7. The second-order valence-corrected chi connectivity index (χ2v) is 9.10. The van der Waals surface area contributed by atoms with Crippen LogP contribution in [0.5, 0.6) is 5.75 Å². The van der Waals surface area contributed by atoms with Crippen LogP contribution in [-0.2, 0) is 16.0 Å². The van der Waals surface area contributed by atoms with E-state index in [1.165, 1.54) is 5.56 Å². The van der Waals surface area contributed by atoms with Gasteiger partial charge >= 0.3 is 0 Å². The SMILES string of the molecule is COc1ccc(CCCNC(=O)[C@@]23CC[C@@H](N4CCOCC4)C[C@H]2CCNC3)cc1.Cl.Cl. The minimum Gasteiger partial charge on any atom is -0.497 e. The van der Waals surface area contributed by atoms with E-state index in [9.17, 15) is 4.79 Å². The Bertz CT molecular complexity index is 700. The highest BCUT2D eigenvalue weighted by Gasteiger charge is 2.50. The van der Waals surface area contributed by atoms with Gasteiger partial charge in [0.25, 0.3) is 0 Å². The largest absolute Gasteiger partial charge is 0.497 e. The fourth-order valence-corrected chi connectivity index (χ4v) is 5.63. The molecule has 0 aromatic heterocycles. The fraction of sp³-hybridized carbons (Fsp3) is 0.708. The lowest BCUT2D eigenvalue weighted by Crippen LogP contribution is -2.60. The molecule has 1 aromatic rings. The highest BCUT2D eigenvalue weighted by Crippen LogP contribution is 2.46. The summed E-state index contributed by atoms with van der Waals surface area (Å²) in [6.07, 6.45) is 6.32. The van der Waals surface area contributed by atoms with Crippen molar-refractivity contribution in [3.05, 3.63) is 29.8 Å². The van der Waals surface area contributed by atoms with Crippen molar-refractivity contribution in [2.75, 3.05) is 53.0 Å². The Hall–Kier alpha value is -1.05. The first-order chi connectivity index (χ1) is 14.7. The number of amides is 1. The first kappa shape index (κ1) is 27.2. The van der Waals surface area contributed by atoms with Gasteiger partial charge in [0.05, 0.1) is 25.7 Å². The summed E-state index contributed by atoms with van der Waals surface area (Å²) in [5, 5.41) is 6.81. The van der Waals surface area contributed by atoms with Gasteiger partial charge in [-0.3, -0.25) is 9.69 Å². The molecule has 32 heavy (non-hydrogen) atoms. The molecule has 0 unspecified atom stereocenters. The molecule has 0 spiro atoms. The third-order valence-corrected chi connectivity index (χ3v) is 7.47. The van der Waals surface area contributed by atoms with Crippen LogP contribution in [0, 0.1) is 11.3 Å². The minimum atomic E-state index is -0.221. The van der Waals surface area contributed by atoms with Crippen LogP contribution in [0.4, 0.5) is 0 Å². The van der Waals surface area contributed by atoms with E-state index in [1.54, 1.807) is 7.11 Å². The second-order valence-electron chi connectivity index (χ2n) is 9.10. The number of methoxy groups -OCH3 is 1. The first-order valence-corrected chi connectivity index (χ1v) is 11.6. The maximum absolute atomic E-state index is 13.3. The summed E-state index contributed by atoms with van der Waals surface area (Å²) in [5.74, 6) is 1.64. The van der Waals surface area contributed by atoms with E-state index in [1.807, 2.05) is 12.1 Å². The van der Waals surface area contributed by atoms with E-state index in [0.29, 0.717) is 12.0 Å². The highest BCUT2D eigenvalue weighted by molar-refractivity contribution is 5.85. The van der Waals surface area contributed by atoms with Crippen LogP contribution < -0.4 is 15.4 Å². The molecular formula is C24H39Cl2N3O3. The predicted molar refractivity (Wildman–Crippen MR) is 132 cm³/mol. The van der Waals surface area contributed by atoms with Crippen molar-refractivity contribution in [2.45, 2.75) is 44.6 Å². The summed E-state index contributed by atoms with van der Waals surface area (Å²) in [7, 11) is 1.69. The third-order valence-electron chi connectivity index (χ3n) is 7.47. The number of hydrogen-bond acceptors (Lipinski definition) is 5. The van der Waals surface area contributed by atoms with Crippen molar-refractivity contribution in [3.8, 4) is 5.75 Å². The number of morpholine rings is 1. The van der Waals surface area contributed by atoms with Crippen molar-refractivity contribution in [3.63, 3.8) is 0 Å². The van der Waals surface area contributed by atoms with Gasteiger partial charge in [0.1, 0.15) is 5.75 Å². The maximum atomic E-state index is 13.3. The van der Waals surface area contributed by atoms with Gasteiger partial charge in [-0.25, -0.2) is 0 Å². The normalized spacial score (nSPS) is 27.9. The number of ether oxygens (including phenoxy) is 2. The molecule has 2 aliphatic heterocycles. The molecule has 1 aromatic carbocycles. The molecule has 0 radical (unpaired) electrons. The standard InChI is InChI=1S/C24H37N3O3.2ClH/c1-29-22-6-4-19(5-7-22)3-2-11-26-23(28)24-10-8-21(27-13-15-30-16-14-27)17-20(24)9-12-25-18-24;;/h4-7,20-21,25H,2-3,8-18H2,1H3,(H,26,28);2*1H/t20-,21-,24-;;/m1../s1. The van der Waals surface area contributed by atoms with E-state index in [2.05, 4.69) is 27.7 Å². The van der Waals surface area contributed by atoms with Crippen LogP contribution >= 0.6 is 24.8 Å². The third kappa shape index (κ3) is 6.29. The molecule has 3 atom stereocenters. The number of nitrogens with zero attached hydrogens (tertiary/aromatic N) is 1. The quantitative estimate of drug-likeness (QED) is 0.578. The number of nitrogens with one attached hydrogen (secondary N) is 2. The number of halogens is 2. The summed E-state index contributed by atoms with van der Waals surface area (Å²) in [6, 6.07) is 8.82. The Labute approximate surface area is 205 Å². The Balaban J connectivity index is 0.00000181. The summed E-state index contributed by atoms with van der Waals surface area (Å²) < 4.78 is 10.7. The molecule has 4 rings (SSSR count). The molecule has 2 saturated heterocycles. The molecule has 182 valence electrons. The number of aryl methyl sites for hydroxylation is 1. The molecular weight excluding hydrogens is 449 g/mol. The molecule has 3 aliphatic rings. The van der Waals surface area contributed by atoms with Crippen LogP contribution in [0.25, 0.3) is 0 Å². The van der Waals surface area contributed by atoms with Crippen LogP contribution in [-0.4, -0.2) is 69.9 Å². The molecule has 8 heteroatoms. The number of piperidine rings is 1. The van der Waals surface area contributed by atoms with Gasteiger partial charge in [-0.15, -0.1) is 24.8 Å². The molecule has 1 saturated carbocycles. The number of fused-ring (bicyclic) bond motifs is 1. The number of benzene rings is 1. The monoisotopic (exact) mass is 487 g/mol. The first-order valence-electron chi connectivity index (χ1n) is 11.6. The number of carbonyl (C=O) groups excluding carboxylic acids is 1. The van der Waals surface area contributed by atoms with Crippen molar-refractivity contribution in [2.24, 2.45) is 11.3 Å². The van der Waals surface area contributed by atoms with Gasteiger partial charge in [-0.2, -0.15) is 0 Å².